The summed E-state index contributed by atoms with van der Waals surface area (Å²) >= 11 is 0. The predicted octanol–water partition coefficient (Wildman–Crippen LogP) is 2.15. The van der Waals surface area contributed by atoms with E-state index in [4.69, 9.17) is 4.74 Å². The minimum Gasteiger partial charge on any atom is -0.493 e. The molecule has 0 fully saturated rings. The molecule has 5 heteroatoms. The number of H-pyrrole nitrogens is 1. The quantitative estimate of drug-likeness (QED) is 0.882. The van der Waals surface area contributed by atoms with Crippen molar-refractivity contribution >= 4 is 0 Å². The van der Waals surface area contributed by atoms with Crippen molar-refractivity contribution in [2.24, 2.45) is 0 Å². The van der Waals surface area contributed by atoms with Crippen molar-refractivity contribution in [1.29, 1.82) is 0 Å². The summed E-state index contributed by atoms with van der Waals surface area (Å²) in [7, 11) is 0. The zero-order chi connectivity index (χ0) is 13.2. The standard InChI is InChI=1S/C14H18N4O/c1-9(17-10(2)14-15-8-16-18-14)11-3-4-13-12(7-11)5-6-19-13/h3-4,7-10,17H,5-6H2,1-2H3,(H,15,16,18). The minimum absolute atomic E-state index is 0.141. The first-order valence-electron chi connectivity index (χ1n) is 6.61. The SMILES string of the molecule is CC(NC(C)c1ncn[nH]1)c1ccc2c(c1)CCO2. The van der Waals surface area contributed by atoms with Crippen LogP contribution in [0.4, 0.5) is 0 Å². The molecule has 3 rings (SSSR count). The number of nitrogens with one attached hydrogen (secondary N) is 2. The van der Waals surface area contributed by atoms with Crippen molar-refractivity contribution in [2.75, 3.05) is 6.61 Å². The first-order valence-corrected chi connectivity index (χ1v) is 6.61. The fourth-order valence-electron chi connectivity index (χ4n) is 2.45. The van der Waals surface area contributed by atoms with Gasteiger partial charge >= 0.3 is 0 Å². The molecule has 1 aromatic heterocycles. The molecule has 2 atom stereocenters. The maximum atomic E-state index is 5.53. The van der Waals surface area contributed by atoms with E-state index in [0.717, 1.165) is 24.6 Å². The van der Waals surface area contributed by atoms with Gasteiger partial charge in [-0.25, -0.2) is 4.98 Å². The fourth-order valence-corrected chi connectivity index (χ4v) is 2.45. The molecule has 1 aliphatic rings. The van der Waals surface area contributed by atoms with Crippen molar-refractivity contribution in [2.45, 2.75) is 32.4 Å². The van der Waals surface area contributed by atoms with Gasteiger partial charge in [-0.3, -0.25) is 5.10 Å². The number of fused-ring (bicyclic) bond motifs is 1. The predicted molar refractivity (Wildman–Crippen MR) is 72.0 cm³/mol. The topological polar surface area (TPSA) is 62.8 Å². The Labute approximate surface area is 112 Å². The van der Waals surface area contributed by atoms with Crippen LogP contribution in [0.2, 0.25) is 0 Å². The van der Waals surface area contributed by atoms with E-state index in [0.29, 0.717) is 0 Å². The summed E-state index contributed by atoms with van der Waals surface area (Å²) in [4.78, 5) is 4.17. The van der Waals surface area contributed by atoms with E-state index in [9.17, 15) is 0 Å². The number of aromatic amines is 1. The summed E-state index contributed by atoms with van der Waals surface area (Å²) in [6.45, 7) is 5.03. The van der Waals surface area contributed by atoms with Crippen LogP contribution in [0, 0.1) is 0 Å². The van der Waals surface area contributed by atoms with Crippen LogP contribution in [0.15, 0.2) is 24.5 Å². The molecule has 1 aliphatic heterocycles. The molecule has 2 N–H and O–H groups in total. The second kappa shape index (κ2) is 5.01. The highest BCUT2D eigenvalue weighted by molar-refractivity contribution is 5.40. The van der Waals surface area contributed by atoms with Crippen molar-refractivity contribution in [1.82, 2.24) is 20.5 Å². The van der Waals surface area contributed by atoms with Gasteiger partial charge in [0.25, 0.3) is 0 Å². The molecule has 0 amide bonds. The normalized spacial score (nSPS) is 16.7. The van der Waals surface area contributed by atoms with Crippen molar-refractivity contribution < 1.29 is 4.74 Å². The summed E-state index contributed by atoms with van der Waals surface area (Å²) in [5.41, 5.74) is 2.58. The van der Waals surface area contributed by atoms with Gasteiger partial charge in [-0.2, -0.15) is 5.10 Å². The lowest BCUT2D eigenvalue weighted by Crippen LogP contribution is -2.23. The van der Waals surface area contributed by atoms with Gasteiger partial charge in [-0.05, 0) is 31.0 Å². The third-order valence-electron chi connectivity index (χ3n) is 3.56. The van der Waals surface area contributed by atoms with Gasteiger partial charge in [0.2, 0.25) is 0 Å². The van der Waals surface area contributed by atoms with E-state index in [1.165, 1.54) is 17.5 Å². The monoisotopic (exact) mass is 258 g/mol. The van der Waals surface area contributed by atoms with E-state index in [1.807, 2.05) is 0 Å². The minimum atomic E-state index is 0.141. The Kier molecular flexibility index (Phi) is 3.21. The molecule has 2 heterocycles. The molecule has 0 bridgehead atoms. The second-order valence-electron chi connectivity index (χ2n) is 4.95. The average Bonchev–Trinajstić information content (AvgIpc) is 3.09. The largest absolute Gasteiger partial charge is 0.493 e. The number of ether oxygens (including phenoxy) is 1. The number of nitrogens with zero attached hydrogens (tertiary/aromatic N) is 2. The van der Waals surface area contributed by atoms with E-state index < -0.39 is 0 Å². The summed E-state index contributed by atoms with van der Waals surface area (Å²) in [5.74, 6) is 1.88. The van der Waals surface area contributed by atoms with Crippen molar-refractivity contribution in [3.63, 3.8) is 0 Å². The molecular formula is C14H18N4O. The Morgan fingerprint density at radius 1 is 1.32 bits per heavy atom. The van der Waals surface area contributed by atoms with E-state index >= 15 is 0 Å². The Balaban J connectivity index is 1.72. The molecule has 0 saturated carbocycles. The summed E-state index contributed by atoms with van der Waals surface area (Å²) in [5, 5.41) is 10.3. The van der Waals surface area contributed by atoms with Gasteiger partial charge in [0.05, 0.1) is 12.6 Å². The Morgan fingerprint density at radius 2 is 2.21 bits per heavy atom. The molecule has 0 radical (unpaired) electrons. The summed E-state index contributed by atoms with van der Waals surface area (Å²) in [6.07, 6.45) is 2.54. The Hall–Kier alpha value is -1.88. The third kappa shape index (κ3) is 2.46. The molecule has 100 valence electrons. The average molecular weight is 258 g/mol. The van der Waals surface area contributed by atoms with Gasteiger partial charge in [0.15, 0.2) is 0 Å². The first kappa shape index (κ1) is 12.2. The lowest BCUT2D eigenvalue weighted by molar-refractivity contribution is 0.356. The Morgan fingerprint density at radius 3 is 3.00 bits per heavy atom. The Bertz CT molecular complexity index is 553. The third-order valence-corrected chi connectivity index (χ3v) is 3.56. The number of hydrogen-bond acceptors (Lipinski definition) is 4. The molecule has 2 aromatic rings. The van der Waals surface area contributed by atoms with E-state index in [-0.39, 0.29) is 12.1 Å². The molecule has 5 nitrogen and oxygen atoms in total. The highest BCUT2D eigenvalue weighted by Gasteiger charge is 2.17. The number of benzene rings is 1. The van der Waals surface area contributed by atoms with Gasteiger partial charge in [-0.15, -0.1) is 0 Å². The zero-order valence-electron chi connectivity index (χ0n) is 11.2. The van der Waals surface area contributed by atoms with Crippen LogP contribution < -0.4 is 10.1 Å². The van der Waals surface area contributed by atoms with Crippen LogP contribution in [0.5, 0.6) is 5.75 Å². The van der Waals surface area contributed by atoms with Crippen LogP contribution in [-0.2, 0) is 6.42 Å². The summed E-state index contributed by atoms with van der Waals surface area (Å²) in [6, 6.07) is 6.81. The smallest absolute Gasteiger partial charge is 0.141 e. The first-order chi connectivity index (χ1) is 9.24. The van der Waals surface area contributed by atoms with Crippen LogP contribution >= 0.6 is 0 Å². The van der Waals surface area contributed by atoms with Gasteiger partial charge in [-0.1, -0.05) is 12.1 Å². The molecule has 2 unspecified atom stereocenters. The lowest BCUT2D eigenvalue weighted by atomic mass is 10.0. The maximum absolute atomic E-state index is 5.53. The van der Waals surface area contributed by atoms with Crippen LogP contribution in [0.1, 0.15) is 42.9 Å². The highest BCUT2D eigenvalue weighted by atomic mass is 16.5. The molecule has 0 aliphatic carbocycles. The van der Waals surface area contributed by atoms with E-state index in [1.54, 1.807) is 0 Å². The van der Waals surface area contributed by atoms with Gasteiger partial charge in [0, 0.05) is 12.5 Å². The highest BCUT2D eigenvalue weighted by Crippen LogP contribution is 2.28. The molecular weight excluding hydrogens is 240 g/mol. The van der Waals surface area contributed by atoms with Gasteiger partial charge in [0.1, 0.15) is 17.9 Å². The summed E-state index contributed by atoms with van der Waals surface area (Å²) < 4.78 is 5.53. The van der Waals surface area contributed by atoms with Crippen LogP contribution in [-0.4, -0.2) is 21.8 Å². The number of hydrogen-bond donors (Lipinski definition) is 2. The number of aromatic nitrogens is 3. The molecule has 19 heavy (non-hydrogen) atoms. The van der Waals surface area contributed by atoms with Gasteiger partial charge < -0.3 is 10.1 Å². The maximum Gasteiger partial charge on any atom is 0.141 e. The lowest BCUT2D eigenvalue weighted by Gasteiger charge is -2.19. The zero-order valence-corrected chi connectivity index (χ0v) is 11.2. The van der Waals surface area contributed by atoms with Crippen molar-refractivity contribution in [3.05, 3.63) is 41.5 Å². The van der Waals surface area contributed by atoms with Crippen LogP contribution in [0.3, 0.4) is 0 Å². The molecule has 0 saturated heterocycles. The van der Waals surface area contributed by atoms with Crippen molar-refractivity contribution in [3.8, 4) is 5.75 Å². The van der Waals surface area contributed by atoms with Crippen LogP contribution in [0.25, 0.3) is 0 Å². The molecule has 1 aromatic carbocycles. The molecule has 0 spiro atoms. The number of rotatable bonds is 4. The fraction of sp³-hybridized carbons (Fsp3) is 0.429. The van der Waals surface area contributed by atoms with E-state index in [2.05, 4.69) is 52.5 Å². The second-order valence-corrected chi connectivity index (χ2v) is 4.95.